The van der Waals surface area contributed by atoms with Gasteiger partial charge < -0.3 is 4.98 Å². The SMILES string of the molecule is Cc1[nH]c2c(F)ccc(C)c2c1CC[N+]1(c2cnc3ccccc3c2)C=NC=CC1. The van der Waals surface area contributed by atoms with Crippen LogP contribution in [0.5, 0.6) is 0 Å². The van der Waals surface area contributed by atoms with Gasteiger partial charge in [-0.1, -0.05) is 24.3 Å². The summed E-state index contributed by atoms with van der Waals surface area (Å²) in [6.07, 6.45) is 8.72. The molecule has 0 saturated carbocycles. The Balaban J connectivity index is 1.56. The maximum absolute atomic E-state index is 14.4. The molecule has 2 aromatic heterocycles. The maximum Gasteiger partial charge on any atom is 0.195 e. The molecule has 4 nitrogen and oxygen atoms in total. The minimum Gasteiger partial charge on any atom is -0.356 e. The number of pyridine rings is 1. The Kier molecular flexibility index (Phi) is 4.48. The van der Waals surface area contributed by atoms with E-state index in [4.69, 9.17) is 0 Å². The van der Waals surface area contributed by atoms with Gasteiger partial charge in [-0.15, -0.1) is 0 Å². The van der Waals surface area contributed by atoms with E-state index >= 15 is 0 Å². The van der Waals surface area contributed by atoms with Crippen molar-refractivity contribution >= 4 is 33.8 Å². The Morgan fingerprint density at radius 1 is 1.13 bits per heavy atom. The highest BCUT2D eigenvalue weighted by Crippen LogP contribution is 2.31. The van der Waals surface area contributed by atoms with Crippen molar-refractivity contribution < 1.29 is 4.39 Å². The number of nitrogens with zero attached hydrogens (tertiary/aromatic N) is 3. The van der Waals surface area contributed by atoms with Crippen LogP contribution in [0.15, 0.2) is 65.9 Å². The fourth-order valence-electron chi connectivity index (χ4n) is 4.53. The second-order valence-corrected chi connectivity index (χ2v) is 8.07. The fraction of sp³-hybridized carbons (Fsp3) is 0.200. The molecule has 0 fully saturated rings. The number of aryl methyl sites for hydroxylation is 2. The average Bonchev–Trinajstić information content (AvgIpc) is 3.12. The van der Waals surface area contributed by atoms with E-state index in [1.807, 2.05) is 56.8 Å². The largest absolute Gasteiger partial charge is 0.356 e. The van der Waals surface area contributed by atoms with Crippen LogP contribution in [0.1, 0.15) is 16.8 Å². The van der Waals surface area contributed by atoms with Gasteiger partial charge in [-0.3, -0.25) is 4.98 Å². The summed E-state index contributed by atoms with van der Waals surface area (Å²) in [5.74, 6) is -0.199. The highest BCUT2D eigenvalue weighted by molar-refractivity contribution is 5.89. The van der Waals surface area contributed by atoms with Gasteiger partial charge in [-0.2, -0.15) is 0 Å². The number of aromatic amines is 1. The molecule has 0 bridgehead atoms. The van der Waals surface area contributed by atoms with E-state index in [9.17, 15) is 4.39 Å². The van der Waals surface area contributed by atoms with Crippen LogP contribution in [-0.2, 0) is 6.42 Å². The average molecular weight is 399 g/mol. The Hall–Kier alpha value is -3.31. The van der Waals surface area contributed by atoms with Crippen LogP contribution in [-0.4, -0.2) is 29.4 Å². The summed E-state index contributed by atoms with van der Waals surface area (Å²) in [6, 6.07) is 13.8. The lowest BCUT2D eigenvalue weighted by Crippen LogP contribution is -2.50. The second-order valence-electron chi connectivity index (χ2n) is 8.07. The van der Waals surface area contributed by atoms with Crippen LogP contribution >= 0.6 is 0 Å². The van der Waals surface area contributed by atoms with Gasteiger partial charge in [0.15, 0.2) is 12.0 Å². The van der Waals surface area contributed by atoms with Gasteiger partial charge in [-0.25, -0.2) is 13.9 Å². The van der Waals surface area contributed by atoms with Gasteiger partial charge in [0.1, 0.15) is 12.4 Å². The summed E-state index contributed by atoms with van der Waals surface area (Å²) in [4.78, 5) is 12.4. The first-order chi connectivity index (χ1) is 14.6. The lowest BCUT2D eigenvalue weighted by Gasteiger charge is -2.33. The van der Waals surface area contributed by atoms with Gasteiger partial charge in [0.25, 0.3) is 0 Å². The number of rotatable bonds is 4. The van der Waals surface area contributed by atoms with Crippen molar-refractivity contribution in [2.75, 3.05) is 13.1 Å². The number of nitrogens with one attached hydrogen (secondary N) is 1. The van der Waals surface area contributed by atoms with Crippen LogP contribution in [0.25, 0.3) is 21.8 Å². The van der Waals surface area contributed by atoms with Crippen LogP contribution in [0, 0.1) is 19.7 Å². The molecule has 30 heavy (non-hydrogen) atoms. The summed E-state index contributed by atoms with van der Waals surface area (Å²) in [7, 11) is 0. The number of aromatic nitrogens is 2. The molecule has 1 aliphatic heterocycles. The molecule has 5 heteroatoms. The fourth-order valence-corrected chi connectivity index (χ4v) is 4.53. The van der Waals surface area contributed by atoms with Gasteiger partial charge in [0.05, 0.1) is 23.8 Å². The monoisotopic (exact) mass is 399 g/mol. The third-order valence-electron chi connectivity index (χ3n) is 6.19. The standard InChI is InChI=1S/C25H24FN4/c1-17-8-9-22(26)25-24(17)21(18(2)29-25)10-13-30(12-5-11-27-16-30)20-14-19-6-3-4-7-23(19)28-15-20/h3-9,11,14-16,29H,10,12-13H2,1-2H3/q+1. The third kappa shape index (κ3) is 3.02. The molecule has 4 aromatic rings. The minimum absolute atomic E-state index is 0.199. The molecule has 1 unspecified atom stereocenters. The summed E-state index contributed by atoms with van der Waals surface area (Å²) >= 11 is 0. The van der Waals surface area contributed by atoms with Gasteiger partial charge in [-0.05, 0) is 43.2 Å². The Bertz CT molecular complexity index is 1320. The zero-order valence-electron chi connectivity index (χ0n) is 17.2. The molecule has 5 rings (SSSR count). The van der Waals surface area contributed by atoms with Gasteiger partial charge >= 0.3 is 0 Å². The van der Waals surface area contributed by atoms with Crippen molar-refractivity contribution in [2.24, 2.45) is 4.99 Å². The van der Waals surface area contributed by atoms with Crippen LogP contribution < -0.4 is 4.48 Å². The van der Waals surface area contributed by atoms with E-state index in [-0.39, 0.29) is 5.82 Å². The minimum atomic E-state index is -0.199. The van der Waals surface area contributed by atoms with Crippen molar-refractivity contribution in [3.8, 4) is 0 Å². The summed E-state index contributed by atoms with van der Waals surface area (Å²) in [5, 5.41) is 2.13. The predicted octanol–water partition coefficient (Wildman–Crippen LogP) is 5.58. The van der Waals surface area contributed by atoms with E-state index in [1.165, 1.54) is 11.6 Å². The molecule has 150 valence electrons. The lowest BCUT2D eigenvalue weighted by atomic mass is 10.0. The third-order valence-corrected chi connectivity index (χ3v) is 6.19. The number of halogens is 1. The normalized spacial score (nSPS) is 18.5. The smallest absolute Gasteiger partial charge is 0.195 e. The Morgan fingerprint density at radius 3 is 2.83 bits per heavy atom. The number of hydrogen-bond acceptors (Lipinski definition) is 2. The first-order valence-corrected chi connectivity index (χ1v) is 10.3. The summed E-state index contributed by atoms with van der Waals surface area (Å²) in [6.45, 7) is 5.71. The van der Waals surface area contributed by atoms with E-state index in [1.54, 1.807) is 0 Å². The maximum atomic E-state index is 14.4. The molecule has 2 aromatic carbocycles. The number of aliphatic imine (C=N–C) groups is 1. The van der Waals surface area contributed by atoms with E-state index in [2.05, 4.69) is 33.2 Å². The van der Waals surface area contributed by atoms with E-state index in [0.717, 1.165) is 52.7 Å². The molecule has 0 spiro atoms. The second kappa shape index (κ2) is 7.18. The van der Waals surface area contributed by atoms with Crippen molar-refractivity contribution in [3.63, 3.8) is 0 Å². The number of H-pyrrole nitrogens is 1. The predicted molar refractivity (Wildman–Crippen MR) is 122 cm³/mol. The number of fused-ring (bicyclic) bond motifs is 2. The van der Waals surface area contributed by atoms with Crippen LogP contribution in [0.4, 0.5) is 10.1 Å². The topological polar surface area (TPSA) is 41.0 Å². The van der Waals surface area contributed by atoms with E-state index < -0.39 is 0 Å². The highest BCUT2D eigenvalue weighted by atomic mass is 19.1. The first kappa shape index (κ1) is 18.7. The Morgan fingerprint density at radius 2 is 2.00 bits per heavy atom. The quantitative estimate of drug-likeness (QED) is 0.447. The highest BCUT2D eigenvalue weighted by Gasteiger charge is 2.31. The van der Waals surface area contributed by atoms with Crippen LogP contribution in [0.3, 0.4) is 0 Å². The molecule has 0 amide bonds. The molecule has 0 radical (unpaired) electrons. The van der Waals surface area contributed by atoms with Crippen molar-refractivity contribution in [3.05, 3.63) is 83.6 Å². The molecule has 1 aliphatic rings. The zero-order chi connectivity index (χ0) is 20.7. The molecule has 0 aliphatic carbocycles. The zero-order valence-corrected chi connectivity index (χ0v) is 17.2. The van der Waals surface area contributed by atoms with Gasteiger partial charge in [0.2, 0.25) is 0 Å². The number of quaternary nitrogens is 1. The number of benzene rings is 2. The summed E-state index contributed by atoms with van der Waals surface area (Å²) < 4.78 is 15.0. The number of para-hydroxylation sites is 1. The number of hydrogen-bond donors (Lipinski definition) is 1. The molecule has 1 N–H and O–H groups in total. The Labute approximate surface area is 175 Å². The molecule has 0 saturated heterocycles. The molecular formula is C25H24FN4+. The van der Waals surface area contributed by atoms with Crippen molar-refractivity contribution in [1.82, 2.24) is 14.5 Å². The van der Waals surface area contributed by atoms with Crippen molar-refractivity contribution in [1.29, 1.82) is 0 Å². The van der Waals surface area contributed by atoms with Crippen LogP contribution in [0.2, 0.25) is 0 Å². The van der Waals surface area contributed by atoms with E-state index in [0.29, 0.717) is 10.00 Å². The first-order valence-electron chi connectivity index (χ1n) is 10.3. The summed E-state index contributed by atoms with van der Waals surface area (Å²) in [5.41, 5.74) is 6.00. The lowest BCUT2D eigenvalue weighted by molar-refractivity contribution is 0.459. The molecule has 1 atom stereocenters. The molecule has 3 heterocycles. The van der Waals surface area contributed by atoms with Crippen molar-refractivity contribution in [2.45, 2.75) is 20.3 Å². The molecular weight excluding hydrogens is 375 g/mol. The van der Waals surface area contributed by atoms with Gasteiger partial charge in [0, 0.05) is 35.2 Å².